The zero-order chi connectivity index (χ0) is 24.4. The fourth-order valence-electron chi connectivity index (χ4n) is 5.17. The molecular formula is C27H32ClN5O2. The Morgan fingerprint density at radius 3 is 2.66 bits per heavy atom. The molecule has 2 aliphatic heterocycles. The molecule has 1 aromatic heterocycles. The van der Waals surface area contributed by atoms with E-state index in [1.165, 1.54) is 16.8 Å². The van der Waals surface area contributed by atoms with Crippen LogP contribution in [0.5, 0.6) is 0 Å². The van der Waals surface area contributed by atoms with Crippen LogP contribution in [0.1, 0.15) is 29.9 Å². The van der Waals surface area contributed by atoms with Crippen molar-refractivity contribution in [3.05, 3.63) is 64.5 Å². The van der Waals surface area contributed by atoms with E-state index >= 15 is 0 Å². The van der Waals surface area contributed by atoms with Crippen molar-refractivity contribution in [2.24, 2.45) is 5.92 Å². The monoisotopic (exact) mass is 493 g/mol. The first-order chi connectivity index (χ1) is 17.0. The van der Waals surface area contributed by atoms with Crippen molar-refractivity contribution in [1.82, 2.24) is 19.9 Å². The number of anilines is 1. The number of amides is 1. The molecule has 2 aromatic carbocycles. The Kier molecular flexibility index (Phi) is 7.07. The number of piperazine rings is 1. The lowest BCUT2D eigenvalue weighted by Gasteiger charge is -2.40. The number of hydrogen-bond donors (Lipinski definition) is 0. The fourth-order valence-corrected chi connectivity index (χ4v) is 5.39. The van der Waals surface area contributed by atoms with Crippen molar-refractivity contribution >= 4 is 23.2 Å². The molecule has 2 saturated heterocycles. The summed E-state index contributed by atoms with van der Waals surface area (Å²) in [6.07, 6.45) is 1.92. The van der Waals surface area contributed by atoms with Crippen LogP contribution in [0.4, 0.5) is 5.69 Å². The molecule has 0 radical (unpaired) electrons. The van der Waals surface area contributed by atoms with Gasteiger partial charge in [-0.3, -0.25) is 9.69 Å². The van der Waals surface area contributed by atoms with Crippen LogP contribution in [-0.4, -0.2) is 65.1 Å². The van der Waals surface area contributed by atoms with Crippen LogP contribution in [-0.2, 0) is 11.3 Å². The molecule has 7 nitrogen and oxygen atoms in total. The molecule has 0 saturated carbocycles. The Morgan fingerprint density at radius 2 is 1.86 bits per heavy atom. The number of nitrogens with zero attached hydrogens (tertiary/aromatic N) is 5. The van der Waals surface area contributed by atoms with Gasteiger partial charge in [0.05, 0.1) is 17.5 Å². The van der Waals surface area contributed by atoms with Crippen LogP contribution in [0.3, 0.4) is 0 Å². The number of carbonyl (C=O) groups excluding carboxylic acids is 1. The van der Waals surface area contributed by atoms with Gasteiger partial charge in [-0.2, -0.15) is 4.98 Å². The minimum absolute atomic E-state index is 0.0157. The summed E-state index contributed by atoms with van der Waals surface area (Å²) in [6, 6.07) is 13.9. The molecule has 1 atom stereocenters. The van der Waals surface area contributed by atoms with Gasteiger partial charge in [-0.1, -0.05) is 41.0 Å². The molecular weight excluding hydrogens is 462 g/mol. The van der Waals surface area contributed by atoms with Gasteiger partial charge in [0.2, 0.25) is 17.6 Å². The highest BCUT2D eigenvalue weighted by atomic mass is 35.5. The van der Waals surface area contributed by atoms with Crippen LogP contribution in [0.15, 0.2) is 47.0 Å². The molecule has 0 spiro atoms. The average molecular weight is 494 g/mol. The molecule has 8 heteroatoms. The maximum absolute atomic E-state index is 13.4. The third-order valence-corrected chi connectivity index (χ3v) is 7.63. The van der Waals surface area contributed by atoms with Crippen molar-refractivity contribution < 1.29 is 9.32 Å². The molecule has 1 unspecified atom stereocenters. The minimum atomic E-state index is 0.0157. The molecule has 35 heavy (non-hydrogen) atoms. The van der Waals surface area contributed by atoms with E-state index in [4.69, 9.17) is 16.1 Å². The third-order valence-electron chi connectivity index (χ3n) is 7.30. The first kappa shape index (κ1) is 23.8. The summed E-state index contributed by atoms with van der Waals surface area (Å²) in [5, 5.41) is 4.71. The summed E-state index contributed by atoms with van der Waals surface area (Å²) >= 11 is 6.27. The predicted octanol–water partition coefficient (Wildman–Crippen LogP) is 4.57. The lowest BCUT2D eigenvalue weighted by molar-refractivity contribution is -0.137. The summed E-state index contributed by atoms with van der Waals surface area (Å²) in [5.41, 5.74) is 4.69. The molecule has 0 N–H and O–H groups in total. The predicted molar refractivity (Wildman–Crippen MR) is 137 cm³/mol. The minimum Gasteiger partial charge on any atom is -0.368 e. The van der Waals surface area contributed by atoms with E-state index in [0.717, 1.165) is 57.7 Å². The first-order valence-corrected chi connectivity index (χ1v) is 12.8. The molecule has 2 fully saturated rings. The van der Waals surface area contributed by atoms with Gasteiger partial charge in [-0.25, -0.2) is 0 Å². The number of benzene rings is 2. The van der Waals surface area contributed by atoms with E-state index in [0.29, 0.717) is 23.3 Å². The van der Waals surface area contributed by atoms with Crippen molar-refractivity contribution in [2.75, 3.05) is 44.2 Å². The smallest absolute Gasteiger partial charge is 0.241 e. The average Bonchev–Trinajstić information content (AvgIpc) is 3.34. The molecule has 3 aromatic rings. The molecule has 2 aliphatic rings. The van der Waals surface area contributed by atoms with Crippen LogP contribution < -0.4 is 4.90 Å². The number of rotatable bonds is 5. The summed E-state index contributed by atoms with van der Waals surface area (Å²) < 4.78 is 5.50. The first-order valence-electron chi connectivity index (χ1n) is 12.4. The summed E-state index contributed by atoms with van der Waals surface area (Å²) in [5.74, 6) is 1.34. The van der Waals surface area contributed by atoms with Gasteiger partial charge >= 0.3 is 0 Å². The Hall–Kier alpha value is -2.90. The quantitative estimate of drug-likeness (QED) is 0.519. The van der Waals surface area contributed by atoms with Gasteiger partial charge < -0.3 is 14.3 Å². The van der Waals surface area contributed by atoms with E-state index in [1.807, 2.05) is 24.3 Å². The Balaban J connectivity index is 1.17. The van der Waals surface area contributed by atoms with E-state index in [2.05, 4.69) is 56.9 Å². The Labute approximate surface area is 211 Å². The largest absolute Gasteiger partial charge is 0.368 e. The van der Waals surface area contributed by atoms with Gasteiger partial charge in [0.1, 0.15) is 0 Å². The number of halogens is 1. The maximum Gasteiger partial charge on any atom is 0.241 e. The molecule has 0 aliphatic carbocycles. The summed E-state index contributed by atoms with van der Waals surface area (Å²) in [6.45, 7) is 9.81. The Morgan fingerprint density at radius 1 is 1.06 bits per heavy atom. The number of carbonyl (C=O) groups is 1. The molecule has 3 heterocycles. The second-order valence-corrected chi connectivity index (χ2v) is 10.0. The summed E-state index contributed by atoms with van der Waals surface area (Å²) in [4.78, 5) is 24.6. The van der Waals surface area contributed by atoms with E-state index < -0.39 is 0 Å². The van der Waals surface area contributed by atoms with Crippen molar-refractivity contribution in [3.63, 3.8) is 0 Å². The van der Waals surface area contributed by atoms with E-state index in [-0.39, 0.29) is 11.8 Å². The number of aryl methyl sites for hydroxylation is 1. The maximum atomic E-state index is 13.4. The highest BCUT2D eigenvalue weighted by Gasteiger charge is 2.32. The number of aromatic nitrogens is 2. The zero-order valence-electron chi connectivity index (χ0n) is 20.4. The highest BCUT2D eigenvalue weighted by Crippen LogP contribution is 2.27. The number of hydrogen-bond acceptors (Lipinski definition) is 6. The second-order valence-electron chi connectivity index (χ2n) is 9.60. The summed E-state index contributed by atoms with van der Waals surface area (Å²) in [7, 11) is 0. The highest BCUT2D eigenvalue weighted by molar-refractivity contribution is 6.33. The van der Waals surface area contributed by atoms with Crippen molar-refractivity contribution in [1.29, 1.82) is 0 Å². The normalized spacial score (nSPS) is 19.2. The second kappa shape index (κ2) is 10.4. The number of likely N-dealkylation sites (tertiary alicyclic amines) is 1. The molecule has 1 amide bonds. The number of piperidine rings is 1. The SMILES string of the molecule is Cc1cccc(N2CCN(C(=O)C3CCCN(Cc4nc(-c5ccccc5Cl)no4)C3)CC2)c1C. The standard InChI is InChI=1S/C27H32ClN5O2/c1-19-7-5-11-24(20(19)2)32-13-15-33(16-14-32)27(34)21-8-6-12-31(17-21)18-25-29-26(30-35-25)22-9-3-4-10-23(22)28/h3-5,7,9-11,21H,6,8,12-18H2,1-2H3. The lowest BCUT2D eigenvalue weighted by atomic mass is 9.96. The lowest BCUT2D eigenvalue weighted by Crippen LogP contribution is -2.52. The van der Waals surface area contributed by atoms with Gasteiger partial charge in [0.15, 0.2) is 0 Å². The zero-order valence-corrected chi connectivity index (χ0v) is 21.2. The molecule has 0 bridgehead atoms. The van der Waals surface area contributed by atoms with E-state index in [9.17, 15) is 4.79 Å². The van der Waals surface area contributed by atoms with Crippen molar-refractivity contribution in [2.45, 2.75) is 33.2 Å². The van der Waals surface area contributed by atoms with Crippen LogP contribution in [0.2, 0.25) is 5.02 Å². The van der Waals surface area contributed by atoms with Gasteiger partial charge in [-0.05, 0) is 62.6 Å². The Bertz CT molecular complexity index is 1190. The van der Waals surface area contributed by atoms with Crippen LogP contribution in [0, 0.1) is 19.8 Å². The van der Waals surface area contributed by atoms with Crippen molar-refractivity contribution in [3.8, 4) is 11.4 Å². The third kappa shape index (κ3) is 5.21. The van der Waals surface area contributed by atoms with E-state index in [1.54, 1.807) is 0 Å². The molecule has 184 valence electrons. The molecule has 5 rings (SSSR count). The fraction of sp³-hybridized carbons (Fsp3) is 0.444. The van der Waals surface area contributed by atoms with Gasteiger partial charge in [-0.15, -0.1) is 0 Å². The van der Waals surface area contributed by atoms with Gasteiger partial charge in [0, 0.05) is 44.0 Å². The van der Waals surface area contributed by atoms with Crippen LogP contribution in [0.25, 0.3) is 11.4 Å². The van der Waals surface area contributed by atoms with Gasteiger partial charge in [0.25, 0.3) is 0 Å². The van der Waals surface area contributed by atoms with Crippen LogP contribution >= 0.6 is 11.6 Å². The topological polar surface area (TPSA) is 65.7 Å².